The van der Waals surface area contributed by atoms with Gasteiger partial charge in [-0.1, -0.05) is 30.3 Å². The van der Waals surface area contributed by atoms with E-state index in [1.165, 1.54) is 13.8 Å². The first-order chi connectivity index (χ1) is 10.2. The number of amides is 1. The second kappa shape index (κ2) is 6.01. The molecule has 0 fully saturated rings. The van der Waals surface area contributed by atoms with Crippen LogP contribution in [0.15, 0.2) is 30.3 Å². The van der Waals surface area contributed by atoms with Crippen LogP contribution in [0.4, 0.5) is 30.7 Å². The van der Waals surface area contributed by atoms with Crippen LogP contribution in [0.5, 0.6) is 0 Å². The minimum Gasteiger partial charge on any atom is -0.345 e. The SMILES string of the molecule is CC(C)(Cc1ccccc1)NC(=O)C(F)(F)C(F)(F)C(F)(F)F. The molecule has 1 rings (SSSR count). The van der Waals surface area contributed by atoms with E-state index in [1.54, 1.807) is 35.6 Å². The van der Waals surface area contributed by atoms with Gasteiger partial charge in [0.05, 0.1) is 0 Å². The van der Waals surface area contributed by atoms with Crippen molar-refractivity contribution in [1.82, 2.24) is 5.32 Å². The normalized spacial score (nSPS) is 13.8. The van der Waals surface area contributed by atoms with Crippen LogP contribution >= 0.6 is 0 Å². The van der Waals surface area contributed by atoms with Gasteiger partial charge in [0.1, 0.15) is 0 Å². The number of benzene rings is 1. The third kappa shape index (κ3) is 4.14. The lowest BCUT2D eigenvalue weighted by atomic mass is 9.94. The minimum absolute atomic E-state index is 0.0345. The fourth-order valence-corrected chi connectivity index (χ4v) is 1.86. The van der Waals surface area contributed by atoms with Crippen molar-refractivity contribution < 1.29 is 35.5 Å². The molecular formula is C14H14F7NO. The lowest BCUT2D eigenvalue weighted by Gasteiger charge is -2.32. The van der Waals surface area contributed by atoms with Crippen molar-refractivity contribution in [2.24, 2.45) is 0 Å². The summed E-state index contributed by atoms with van der Waals surface area (Å²) in [5, 5.41) is 1.55. The highest BCUT2D eigenvalue weighted by Gasteiger charge is 2.76. The largest absolute Gasteiger partial charge is 0.460 e. The van der Waals surface area contributed by atoms with Crippen molar-refractivity contribution in [1.29, 1.82) is 0 Å². The first kappa shape index (κ1) is 19.2. The summed E-state index contributed by atoms with van der Waals surface area (Å²) in [6.45, 7) is 2.47. The Hall–Kier alpha value is -1.80. The molecule has 23 heavy (non-hydrogen) atoms. The van der Waals surface area contributed by atoms with Crippen LogP contribution < -0.4 is 5.32 Å². The minimum atomic E-state index is -6.54. The number of alkyl halides is 7. The maximum absolute atomic E-state index is 13.3. The Kier molecular flexibility index (Phi) is 5.03. The molecule has 0 bridgehead atoms. The third-order valence-electron chi connectivity index (χ3n) is 2.98. The Morgan fingerprint density at radius 2 is 1.43 bits per heavy atom. The van der Waals surface area contributed by atoms with E-state index in [0.29, 0.717) is 5.56 Å². The number of carbonyl (C=O) groups is 1. The van der Waals surface area contributed by atoms with Gasteiger partial charge in [0.25, 0.3) is 5.91 Å². The topological polar surface area (TPSA) is 29.1 Å². The summed E-state index contributed by atoms with van der Waals surface area (Å²) >= 11 is 0. The maximum atomic E-state index is 13.3. The van der Waals surface area contributed by atoms with E-state index in [9.17, 15) is 35.5 Å². The molecule has 0 radical (unpaired) electrons. The van der Waals surface area contributed by atoms with Crippen LogP contribution in [0.25, 0.3) is 0 Å². The van der Waals surface area contributed by atoms with Crippen molar-refractivity contribution in [2.75, 3.05) is 0 Å². The molecule has 0 aliphatic carbocycles. The van der Waals surface area contributed by atoms with E-state index in [0.717, 1.165) is 0 Å². The van der Waals surface area contributed by atoms with Crippen LogP contribution in [0.1, 0.15) is 19.4 Å². The van der Waals surface area contributed by atoms with E-state index in [4.69, 9.17) is 0 Å². The van der Waals surface area contributed by atoms with Gasteiger partial charge in [-0.2, -0.15) is 30.7 Å². The second-order valence-electron chi connectivity index (χ2n) is 5.65. The number of hydrogen-bond donors (Lipinski definition) is 1. The highest BCUT2D eigenvalue weighted by Crippen LogP contribution is 2.46. The van der Waals surface area contributed by atoms with Gasteiger partial charge in [-0.3, -0.25) is 4.79 Å². The highest BCUT2D eigenvalue weighted by atomic mass is 19.4. The fraction of sp³-hybridized carbons (Fsp3) is 0.500. The standard InChI is InChI=1S/C14H14F7NO/c1-11(2,8-9-6-4-3-5-7-9)22-10(23)12(15,16)13(17,18)14(19,20)21/h3-7H,8H2,1-2H3,(H,22,23). The molecule has 0 atom stereocenters. The monoisotopic (exact) mass is 345 g/mol. The van der Waals surface area contributed by atoms with Crippen LogP contribution in [-0.2, 0) is 11.2 Å². The Balaban J connectivity index is 2.93. The van der Waals surface area contributed by atoms with Crippen LogP contribution in [0.2, 0.25) is 0 Å². The average Bonchev–Trinajstić information content (AvgIpc) is 2.36. The van der Waals surface area contributed by atoms with Crippen molar-refractivity contribution >= 4 is 5.91 Å². The smallest absolute Gasteiger partial charge is 0.345 e. The third-order valence-corrected chi connectivity index (χ3v) is 2.98. The zero-order valence-electron chi connectivity index (χ0n) is 12.1. The molecule has 0 aliphatic heterocycles. The second-order valence-corrected chi connectivity index (χ2v) is 5.65. The summed E-state index contributed by atoms with van der Waals surface area (Å²) in [5.41, 5.74) is -0.868. The zero-order valence-corrected chi connectivity index (χ0v) is 12.1. The number of carbonyl (C=O) groups excluding carboxylic acids is 1. The summed E-state index contributed by atoms with van der Waals surface area (Å²) in [4.78, 5) is 11.3. The van der Waals surface area contributed by atoms with Gasteiger partial charge in [-0.25, -0.2) is 0 Å². The van der Waals surface area contributed by atoms with E-state index < -0.39 is 29.5 Å². The van der Waals surface area contributed by atoms with E-state index in [2.05, 4.69) is 0 Å². The van der Waals surface area contributed by atoms with Crippen molar-refractivity contribution in [3.8, 4) is 0 Å². The number of hydrogen-bond acceptors (Lipinski definition) is 1. The Morgan fingerprint density at radius 3 is 1.87 bits per heavy atom. The molecule has 130 valence electrons. The molecule has 1 aromatic rings. The molecule has 0 unspecified atom stereocenters. The Labute approximate surface area is 127 Å². The predicted molar refractivity (Wildman–Crippen MR) is 68.3 cm³/mol. The number of rotatable bonds is 5. The summed E-state index contributed by atoms with van der Waals surface area (Å²) in [6, 6.07) is 8.11. The first-order valence-electron chi connectivity index (χ1n) is 6.39. The summed E-state index contributed by atoms with van der Waals surface area (Å²) in [7, 11) is 0. The Morgan fingerprint density at radius 1 is 0.957 bits per heavy atom. The molecule has 1 amide bonds. The summed E-state index contributed by atoms with van der Waals surface area (Å²) in [5.74, 6) is -15.1. The first-order valence-corrected chi connectivity index (χ1v) is 6.39. The van der Waals surface area contributed by atoms with Crippen LogP contribution in [0, 0.1) is 0 Å². The van der Waals surface area contributed by atoms with E-state index in [1.807, 2.05) is 0 Å². The molecule has 0 saturated heterocycles. The molecule has 0 aliphatic rings. The van der Waals surface area contributed by atoms with Gasteiger partial charge in [-0.15, -0.1) is 0 Å². The molecule has 1 N–H and O–H groups in total. The molecule has 0 heterocycles. The number of nitrogens with one attached hydrogen (secondary N) is 1. The molecule has 1 aromatic carbocycles. The summed E-state index contributed by atoms with van der Waals surface area (Å²) in [6.07, 6.45) is -6.58. The molecule has 0 aromatic heterocycles. The lowest BCUT2D eigenvalue weighted by molar-refractivity contribution is -0.344. The lowest BCUT2D eigenvalue weighted by Crippen LogP contribution is -2.62. The molecular weight excluding hydrogens is 331 g/mol. The van der Waals surface area contributed by atoms with Gasteiger partial charge in [-0.05, 0) is 25.8 Å². The van der Waals surface area contributed by atoms with Crippen molar-refractivity contribution in [3.05, 3.63) is 35.9 Å². The molecule has 0 spiro atoms. The summed E-state index contributed by atoms with van der Waals surface area (Å²) < 4.78 is 88.4. The Bertz CT molecular complexity index is 552. The van der Waals surface area contributed by atoms with Crippen LogP contribution in [-0.4, -0.2) is 29.5 Å². The zero-order chi connectivity index (χ0) is 18.1. The van der Waals surface area contributed by atoms with Crippen LogP contribution in [0.3, 0.4) is 0 Å². The molecule has 9 heteroatoms. The number of halogens is 7. The fourth-order valence-electron chi connectivity index (χ4n) is 1.86. The highest BCUT2D eigenvalue weighted by molar-refractivity contribution is 5.85. The van der Waals surface area contributed by atoms with Gasteiger partial charge in [0.15, 0.2) is 0 Å². The molecule has 2 nitrogen and oxygen atoms in total. The van der Waals surface area contributed by atoms with Gasteiger partial charge >= 0.3 is 18.0 Å². The van der Waals surface area contributed by atoms with Gasteiger partial charge < -0.3 is 5.32 Å². The van der Waals surface area contributed by atoms with Crippen molar-refractivity contribution in [2.45, 2.75) is 43.8 Å². The average molecular weight is 345 g/mol. The predicted octanol–water partition coefficient (Wildman–Crippen LogP) is 3.96. The quantitative estimate of drug-likeness (QED) is 0.805. The van der Waals surface area contributed by atoms with Crippen molar-refractivity contribution in [3.63, 3.8) is 0 Å². The van der Waals surface area contributed by atoms with E-state index in [-0.39, 0.29) is 6.42 Å². The van der Waals surface area contributed by atoms with E-state index >= 15 is 0 Å². The maximum Gasteiger partial charge on any atom is 0.460 e. The van der Waals surface area contributed by atoms with Gasteiger partial charge in [0.2, 0.25) is 0 Å². The molecule has 0 saturated carbocycles. The van der Waals surface area contributed by atoms with Gasteiger partial charge in [0, 0.05) is 5.54 Å².